The van der Waals surface area contributed by atoms with E-state index in [1.165, 1.54) is 0 Å². The highest BCUT2D eigenvalue weighted by Gasteiger charge is 2.29. The average molecular weight is 401 g/mol. The van der Waals surface area contributed by atoms with Gasteiger partial charge in [0.1, 0.15) is 5.76 Å². The molecule has 0 radical (unpaired) electrons. The molecule has 0 spiro atoms. The van der Waals surface area contributed by atoms with Crippen molar-refractivity contribution in [3.05, 3.63) is 64.4 Å². The molecule has 2 nitrogen and oxygen atoms in total. The molecular formula is C23H25ClO2S. The Bertz CT molecular complexity index is 855. The van der Waals surface area contributed by atoms with Gasteiger partial charge in [-0.2, -0.15) is 11.8 Å². The first-order valence-electron chi connectivity index (χ1n) is 9.37. The lowest BCUT2D eigenvalue weighted by Crippen LogP contribution is -2.20. The van der Waals surface area contributed by atoms with Gasteiger partial charge in [0.25, 0.3) is 0 Å². The van der Waals surface area contributed by atoms with E-state index in [0.717, 1.165) is 40.8 Å². The summed E-state index contributed by atoms with van der Waals surface area (Å²) in [5.41, 5.74) is 4.55. The van der Waals surface area contributed by atoms with Crippen LogP contribution in [0.15, 0.2) is 48.2 Å². The molecule has 1 N–H and O–H groups in total. The van der Waals surface area contributed by atoms with E-state index in [1.807, 2.05) is 30.3 Å². The number of thioether (sulfide) groups is 1. The van der Waals surface area contributed by atoms with Gasteiger partial charge in [0, 0.05) is 17.9 Å². The number of hydrogen-bond donors (Lipinski definition) is 1. The molecule has 1 aliphatic carbocycles. The van der Waals surface area contributed by atoms with Gasteiger partial charge in [-0.3, -0.25) is 4.79 Å². The number of ketones is 1. The van der Waals surface area contributed by atoms with Gasteiger partial charge < -0.3 is 5.11 Å². The topological polar surface area (TPSA) is 37.3 Å². The quantitative estimate of drug-likeness (QED) is 0.595. The van der Waals surface area contributed by atoms with E-state index >= 15 is 0 Å². The molecule has 2 aromatic rings. The van der Waals surface area contributed by atoms with Crippen molar-refractivity contribution in [1.29, 1.82) is 0 Å². The lowest BCUT2D eigenvalue weighted by Gasteiger charge is -2.25. The Morgan fingerprint density at radius 1 is 1.11 bits per heavy atom. The van der Waals surface area contributed by atoms with Gasteiger partial charge in [-0.25, -0.2) is 0 Å². The largest absolute Gasteiger partial charge is 0.512 e. The Morgan fingerprint density at radius 2 is 1.81 bits per heavy atom. The molecule has 1 unspecified atom stereocenters. The third kappa shape index (κ3) is 4.59. The number of carbonyl (C=O) groups excluding carboxylic acids is 1. The zero-order valence-electron chi connectivity index (χ0n) is 15.8. The third-order valence-corrected chi connectivity index (χ3v) is 6.09. The number of benzene rings is 2. The lowest BCUT2D eigenvalue weighted by atomic mass is 9.81. The predicted molar refractivity (Wildman–Crippen MR) is 117 cm³/mol. The molecule has 0 saturated carbocycles. The summed E-state index contributed by atoms with van der Waals surface area (Å²) in [5, 5.41) is 11.4. The van der Waals surface area contributed by atoms with Crippen LogP contribution in [0.25, 0.3) is 16.7 Å². The smallest absolute Gasteiger partial charge is 0.167 e. The minimum atomic E-state index is 0.0628. The molecule has 1 aliphatic rings. The van der Waals surface area contributed by atoms with Crippen LogP contribution in [0, 0.1) is 5.92 Å². The minimum Gasteiger partial charge on any atom is -0.512 e. The molecule has 1 atom stereocenters. The highest BCUT2D eigenvalue weighted by atomic mass is 35.5. The number of allylic oxidation sites excluding steroid dienone is 2. The van der Waals surface area contributed by atoms with Crippen molar-refractivity contribution >= 4 is 34.7 Å². The van der Waals surface area contributed by atoms with Crippen molar-refractivity contribution in [2.24, 2.45) is 5.92 Å². The summed E-state index contributed by atoms with van der Waals surface area (Å²) < 4.78 is 0. The summed E-state index contributed by atoms with van der Waals surface area (Å²) in [5.74, 6) is 1.58. The van der Waals surface area contributed by atoms with Crippen LogP contribution >= 0.6 is 23.4 Å². The van der Waals surface area contributed by atoms with Crippen molar-refractivity contribution in [2.75, 3.05) is 12.0 Å². The van der Waals surface area contributed by atoms with Gasteiger partial charge in [0.2, 0.25) is 0 Å². The molecule has 2 aromatic carbocycles. The van der Waals surface area contributed by atoms with Crippen molar-refractivity contribution in [1.82, 2.24) is 0 Å². The molecule has 0 aliphatic heterocycles. The standard InChI is InChI=1S/C23H25ClO2S/c1-3-16-4-5-18(17-6-8-19(24)9-7-17)14-20(16)23-21(25)12-15(10-11-27-2)13-22(23)26/h4-9,14-15,25H,3,10-13H2,1-2H3. The molecule has 3 rings (SSSR count). The van der Waals surface area contributed by atoms with Crippen LogP contribution in [0.3, 0.4) is 0 Å². The first-order chi connectivity index (χ1) is 13.0. The molecule has 4 heteroatoms. The Labute approximate surface area is 170 Å². The molecule has 27 heavy (non-hydrogen) atoms. The van der Waals surface area contributed by atoms with E-state index in [9.17, 15) is 9.90 Å². The Balaban J connectivity index is 2.00. The van der Waals surface area contributed by atoms with Crippen molar-refractivity contribution < 1.29 is 9.90 Å². The second kappa shape index (κ2) is 8.99. The van der Waals surface area contributed by atoms with E-state index < -0.39 is 0 Å². The van der Waals surface area contributed by atoms with Crippen LogP contribution in [0.5, 0.6) is 0 Å². The molecule has 0 heterocycles. The summed E-state index contributed by atoms with van der Waals surface area (Å²) in [6.07, 6.45) is 4.97. The number of halogens is 1. The number of aliphatic hydroxyl groups is 1. The Kier molecular flexibility index (Phi) is 6.67. The van der Waals surface area contributed by atoms with Crippen LogP contribution in [0.2, 0.25) is 5.02 Å². The number of carbonyl (C=O) groups is 1. The van der Waals surface area contributed by atoms with Crippen LogP contribution in [-0.4, -0.2) is 22.9 Å². The van der Waals surface area contributed by atoms with Gasteiger partial charge in [-0.1, -0.05) is 42.8 Å². The SMILES string of the molecule is CCc1ccc(-c2ccc(Cl)cc2)cc1C1=C(O)CC(CCSC)CC1=O. The van der Waals surface area contributed by atoms with Crippen LogP contribution in [0.4, 0.5) is 0 Å². The molecule has 0 saturated heterocycles. The van der Waals surface area contributed by atoms with E-state index in [-0.39, 0.29) is 17.5 Å². The van der Waals surface area contributed by atoms with Crippen molar-refractivity contribution in [2.45, 2.75) is 32.6 Å². The number of hydrogen-bond acceptors (Lipinski definition) is 3. The number of rotatable bonds is 6. The Hall–Kier alpha value is -1.71. The average Bonchev–Trinajstić information content (AvgIpc) is 2.66. The fourth-order valence-corrected chi connectivity index (χ4v) is 4.40. The molecule has 0 bridgehead atoms. The molecular weight excluding hydrogens is 376 g/mol. The van der Waals surface area contributed by atoms with Gasteiger partial charge in [0.15, 0.2) is 5.78 Å². The van der Waals surface area contributed by atoms with E-state index in [4.69, 9.17) is 11.6 Å². The van der Waals surface area contributed by atoms with Gasteiger partial charge in [-0.15, -0.1) is 0 Å². The van der Waals surface area contributed by atoms with Crippen molar-refractivity contribution in [3.63, 3.8) is 0 Å². The summed E-state index contributed by atoms with van der Waals surface area (Å²) in [4.78, 5) is 12.9. The van der Waals surface area contributed by atoms with Gasteiger partial charge >= 0.3 is 0 Å². The Morgan fingerprint density at radius 3 is 2.44 bits per heavy atom. The molecule has 0 amide bonds. The maximum Gasteiger partial charge on any atom is 0.167 e. The number of aliphatic hydroxyl groups excluding tert-OH is 1. The van der Waals surface area contributed by atoms with Gasteiger partial charge in [-0.05, 0) is 71.2 Å². The van der Waals surface area contributed by atoms with Crippen LogP contribution in [0.1, 0.15) is 37.3 Å². The predicted octanol–water partition coefficient (Wildman–Crippen LogP) is 6.57. The van der Waals surface area contributed by atoms with E-state index in [0.29, 0.717) is 23.4 Å². The maximum atomic E-state index is 12.9. The zero-order valence-corrected chi connectivity index (χ0v) is 17.4. The third-order valence-electron chi connectivity index (χ3n) is 5.19. The van der Waals surface area contributed by atoms with Crippen LogP contribution < -0.4 is 0 Å². The minimum absolute atomic E-state index is 0.0628. The first kappa shape index (κ1) is 20.0. The molecule has 0 fully saturated rings. The highest BCUT2D eigenvalue weighted by molar-refractivity contribution is 7.98. The monoisotopic (exact) mass is 400 g/mol. The summed E-state index contributed by atoms with van der Waals surface area (Å²) >= 11 is 7.78. The first-order valence-corrected chi connectivity index (χ1v) is 11.1. The normalized spacial score (nSPS) is 17.4. The number of Topliss-reactive ketones (excluding diaryl/α,β-unsaturated/α-hetero) is 1. The fraction of sp³-hybridized carbons (Fsp3) is 0.348. The van der Waals surface area contributed by atoms with E-state index in [2.05, 4.69) is 25.3 Å². The second-order valence-electron chi connectivity index (χ2n) is 7.03. The van der Waals surface area contributed by atoms with E-state index in [1.54, 1.807) is 11.8 Å². The second-order valence-corrected chi connectivity index (χ2v) is 8.46. The number of aryl methyl sites for hydroxylation is 1. The molecule has 0 aromatic heterocycles. The lowest BCUT2D eigenvalue weighted by molar-refractivity contribution is -0.115. The summed E-state index contributed by atoms with van der Waals surface area (Å²) in [6.45, 7) is 2.08. The summed E-state index contributed by atoms with van der Waals surface area (Å²) in [7, 11) is 0. The fourth-order valence-electron chi connectivity index (χ4n) is 3.71. The summed E-state index contributed by atoms with van der Waals surface area (Å²) in [6, 6.07) is 13.8. The van der Waals surface area contributed by atoms with Crippen molar-refractivity contribution in [3.8, 4) is 11.1 Å². The molecule has 142 valence electrons. The zero-order chi connectivity index (χ0) is 19.4. The maximum absolute atomic E-state index is 12.9. The van der Waals surface area contributed by atoms with Gasteiger partial charge in [0.05, 0.1) is 5.57 Å². The van der Waals surface area contributed by atoms with Crippen LogP contribution in [-0.2, 0) is 11.2 Å². The highest BCUT2D eigenvalue weighted by Crippen LogP contribution is 2.37.